The van der Waals surface area contributed by atoms with Gasteiger partial charge in [0, 0.05) is 19.5 Å². The number of aryl methyl sites for hydroxylation is 2. The summed E-state index contributed by atoms with van der Waals surface area (Å²) < 4.78 is 1.81. The fraction of sp³-hybridized carbons (Fsp3) is 0.636. The van der Waals surface area contributed by atoms with E-state index < -0.39 is 0 Å². The number of fused-ring (bicyclic) bond motifs is 1. The van der Waals surface area contributed by atoms with Crippen LogP contribution in [0.15, 0.2) is 0 Å². The van der Waals surface area contributed by atoms with Gasteiger partial charge in [-0.05, 0) is 12.8 Å². The number of hydrogen-bond donors (Lipinski definition) is 2. The topological polar surface area (TPSA) is 59.0 Å². The minimum absolute atomic E-state index is 0.0702. The van der Waals surface area contributed by atoms with Crippen LogP contribution in [0.1, 0.15) is 32.4 Å². The lowest BCUT2D eigenvalue weighted by Crippen LogP contribution is -2.23. The van der Waals surface area contributed by atoms with Crippen LogP contribution in [0.2, 0.25) is 0 Å². The fourth-order valence-electron chi connectivity index (χ4n) is 2.03. The number of nitrogens with one attached hydrogen (secondary N) is 2. The monoisotopic (exact) mass is 222 g/mol. The van der Waals surface area contributed by atoms with Crippen LogP contribution in [0, 0.1) is 0 Å². The third-order valence-electron chi connectivity index (χ3n) is 2.98. The second-order valence-electron chi connectivity index (χ2n) is 4.15. The molecule has 2 heterocycles. The van der Waals surface area contributed by atoms with Gasteiger partial charge in [0.25, 0.3) is 0 Å². The Hall–Kier alpha value is -1.52. The summed E-state index contributed by atoms with van der Waals surface area (Å²) in [6.45, 7) is 4.12. The van der Waals surface area contributed by atoms with E-state index in [-0.39, 0.29) is 11.9 Å². The molecule has 0 saturated heterocycles. The molecule has 1 aromatic rings. The molecule has 5 heteroatoms. The highest BCUT2D eigenvalue weighted by Crippen LogP contribution is 2.30. The van der Waals surface area contributed by atoms with Gasteiger partial charge in [0.1, 0.15) is 11.5 Å². The number of nitrogens with zero attached hydrogens (tertiary/aromatic N) is 2. The molecule has 1 unspecified atom stereocenters. The standard InChI is InChI=1S/C11H18N4O/c1-4-7-6-9(16)13-10-8(5-2)14-15(3)11(10)12-7/h7,12H,4-6H2,1-3H3,(H,13,16). The molecule has 0 fully saturated rings. The maximum absolute atomic E-state index is 11.7. The Morgan fingerprint density at radius 2 is 2.25 bits per heavy atom. The number of hydrogen-bond acceptors (Lipinski definition) is 3. The van der Waals surface area contributed by atoms with Crippen molar-refractivity contribution in [1.82, 2.24) is 9.78 Å². The van der Waals surface area contributed by atoms with Crippen molar-refractivity contribution in [3.8, 4) is 0 Å². The summed E-state index contributed by atoms with van der Waals surface area (Å²) in [5, 5.41) is 10.7. The van der Waals surface area contributed by atoms with Gasteiger partial charge in [-0.1, -0.05) is 13.8 Å². The zero-order valence-electron chi connectivity index (χ0n) is 10.0. The van der Waals surface area contributed by atoms with Gasteiger partial charge in [0.2, 0.25) is 5.91 Å². The highest BCUT2D eigenvalue weighted by Gasteiger charge is 2.24. The number of carbonyl (C=O) groups excluding carboxylic acids is 1. The van der Waals surface area contributed by atoms with Gasteiger partial charge in [-0.25, -0.2) is 0 Å². The zero-order valence-corrected chi connectivity index (χ0v) is 10.0. The fourth-order valence-corrected chi connectivity index (χ4v) is 2.03. The average Bonchev–Trinajstić information content (AvgIpc) is 2.47. The van der Waals surface area contributed by atoms with Crippen LogP contribution < -0.4 is 10.6 Å². The van der Waals surface area contributed by atoms with Crippen molar-refractivity contribution in [1.29, 1.82) is 0 Å². The van der Waals surface area contributed by atoms with Crippen LogP contribution in [0.4, 0.5) is 11.5 Å². The molecular weight excluding hydrogens is 204 g/mol. The molecule has 1 amide bonds. The van der Waals surface area contributed by atoms with Gasteiger partial charge in [-0.2, -0.15) is 5.10 Å². The summed E-state index contributed by atoms with van der Waals surface area (Å²) in [5.41, 5.74) is 1.79. The van der Waals surface area contributed by atoms with Crippen molar-refractivity contribution in [2.24, 2.45) is 7.05 Å². The second kappa shape index (κ2) is 4.15. The SMILES string of the molecule is CCc1nn(C)c2c1NC(=O)CC(CC)N2. The van der Waals surface area contributed by atoms with Crippen LogP contribution in [0.3, 0.4) is 0 Å². The molecule has 1 aliphatic heterocycles. The van der Waals surface area contributed by atoms with Gasteiger partial charge in [0.05, 0.1) is 5.69 Å². The Morgan fingerprint density at radius 3 is 2.88 bits per heavy atom. The summed E-state index contributed by atoms with van der Waals surface area (Å²) in [6.07, 6.45) is 2.27. The van der Waals surface area contributed by atoms with Crippen LogP contribution in [-0.2, 0) is 18.3 Å². The van der Waals surface area contributed by atoms with E-state index in [4.69, 9.17) is 0 Å². The van der Waals surface area contributed by atoms with Gasteiger partial charge in [0.15, 0.2) is 0 Å². The van der Waals surface area contributed by atoms with Gasteiger partial charge < -0.3 is 10.6 Å². The summed E-state index contributed by atoms with van der Waals surface area (Å²) in [4.78, 5) is 11.7. The molecule has 88 valence electrons. The number of aromatic nitrogens is 2. The maximum Gasteiger partial charge on any atom is 0.226 e. The van der Waals surface area contributed by atoms with Crippen molar-refractivity contribution in [2.45, 2.75) is 39.2 Å². The molecule has 2 N–H and O–H groups in total. The van der Waals surface area contributed by atoms with Crippen LogP contribution in [0.25, 0.3) is 0 Å². The predicted octanol–water partition coefficient (Wildman–Crippen LogP) is 1.52. The van der Waals surface area contributed by atoms with E-state index in [9.17, 15) is 4.79 Å². The lowest BCUT2D eigenvalue weighted by atomic mass is 10.1. The summed E-state index contributed by atoms with van der Waals surface area (Å²) in [7, 11) is 1.90. The molecule has 0 spiro atoms. The van der Waals surface area contributed by atoms with E-state index in [0.717, 1.165) is 30.0 Å². The Kier molecular flexibility index (Phi) is 2.85. The van der Waals surface area contributed by atoms with Crippen molar-refractivity contribution < 1.29 is 4.79 Å². The zero-order chi connectivity index (χ0) is 11.7. The molecule has 0 aromatic carbocycles. The minimum Gasteiger partial charge on any atom is -0.365 e. The van der Waals surface area contributed by atoms with Crippen molar-refractivity contribution in [2.75, 3.05) is 10.6 Å². The molecule has 2 rings (SSSR count). The van der Waals surface area contributed by atoms with E-state index in [1.165, 1.54) is 0 Å². The molecule has 1 aliphatic rings. The van der Waals surface area contributed by atoms with Crippen LogP contribution in [0.5, 0.6) is 0 Å². The normalized spacial score (nSPS) is 19.7. The Morgan fingerprint density at radius 1 is 1.50 bits per heavy atom. The summed E-state index contributed by atoms with van der Waals surface area (Å²) >= 11 is 0. The Balaban J connectivity index is 2.42. The lowest BCUT2D eigenvalue weighted by Gasteiger charge is -2.13. The van der Waals surface area contributed by atoms with Gasteiger partial charge >= 0.3 is 0 Å². The summed E-state index contributed by atoms with van der Waals surface area (Å²) in [6, 6.07) is 0.196. The van der Waals surface area contributed by atoms with E-state index >= 15 is 0 Å². The first-order valence-electron chi connectivity index (χ1n) is 5.78. The molecule has 0 saturated carbocycles. The molecule has 5 nitrogen and oxygen atoms in total. The summed E-state index contributed by atoms with van der Waals surface area (Å²) in [5.74, 6) is 0.996. The molecule has 1 atom stereocenters. The second-order valence-corrected chi connectivity index (χ2v) is 4.15. The first-order valence-corrected chi connectivity index (χ1v) is 5.78. The Bertz CT molecular complexity index is 410. The smallest absolute Gasteiger partial charge is 0.226 e. The minimum atomic E-state index is 0.0702. The molecule has 16 heavy (non-hydrogen) atoms. The van der Waals surface area contributed by atoms with E-state index in [1.54, 1.807) is 0 Å². The predicted molar refractivity (Wildman–Crippen MR) is 63.5 cm³/mol. The van der Waals surface area contributed by atoms with Crippen LogP contribution in [-0.4, -0.2) is 21.7 Å². The maximum atomic E-state index is 11.7. The van der Waals surface area contributed by atoms with E-state index in [0.29, 0.717) is 6.42 Å². The quantitative estimate of drug-likeness (QED) is 0.797. The van der Waals surface area contributed by atoms with Gasteiger partial charge in [-0.3, -0.25) is 9.48 Å². The molecule has 0 bridgehead atoms. The van der Waals surface area contributed by atoms with Crippen molar-refractivity contribution >= 4 is 17.4 Å². The highest BCUT2D eigenvalue weighted by molar-refractivity contribution is 5.96. The van der Waals surface area contributed by atoms with E-state index in [2.05, 4.69) is 22.7 Å². The molecule has 1 aromatic heterocycles. The number of carbonyl (C=O) groups is 1. The third-order valence-corrected chi connectivity index (χ3v) is 2.98. The first kappa shape index (κ1) is 11.0. The van der Waals surface area contributed by atoms with Crippen molar-refractivity contribution in [3.05, 3.63) is 5.69 Å². The highest BCUT2D eigenvalue weighted by atomic mass is 16.1. The lowest BCUT2D eigenvalue weighted by molar-refractivity contribution is -0.116. The van der Waals surface area contributed by atoms with Gasteiger partial charge in [-0.15, -0.1) is 0 Å². The Labute approximate surface area is 95.2 Å². The number of rotatable bonds is 2. The number of anilines is 2. The average molecular weight is 222 g/mol. The van der Waals surface area contributed by atoms with Crippen LogP contribution >= 0.6 is 0 Å². The molecule has 0 radical (unpaired) electrons. The largest absolute Gasteiger partial charge is 0.365 e. The first-order chi connectivity index (χ1) is 7.65. The van der Waals surface area contributed by atoms with E-state index in [1.807, 2.05) is 18.7 Å². The molecular formula is C11H18N4O. The van der Waals surface area contributed by atoms with Crippen molar-refractivity contribution in [3.63, 3.8) is 0 Å². The third kappa shape index (κ3) is 1.77. The number of amides is 1. The molecule has 0 aliphatic carbocycles.